The molecule has 0 bridgehead atoms. The monoisotopic (exact) mass is 227 g/mol. The van der Waals surface area contributed by atoms with Crippen molar-refractivity contribution in [3.63, 3.8) is 0 Å². The van der Waals surface area contributed by atoms with Crippen LogP contribution in [0.1, 0.15) is 26.2 Å². The second-order valence-corrected chi connectivity index (χ2v) is 5.03. The van der Waals surface area contributed by atoms with E-state index in [1.54, 1.807) is 0 Å². The van der Waals surface area contributed by atoms with Gasteiger partial charge < -0.3 is 5.32 Å². The highest BCUT2D eigenvalue weighted by atomic mass is 15.1. The van der Waals surface area contributed by atoms with E-state index in [1.807, 2.05) is 24.4 Å². The normalized spacial score (nSPS) is 24.1. The molecule has 88 valence electrons. The quantitative estimate of drug-likeness (QED) is 0.856. The number of fused-ring (bicyclic) bond motifs is 1. The molecule has 3 heteroatoms. The van der Waals surface area contributed by atoms with Gasteiger partial charge in [-0.05, 0) is 31.2 Å². The third kappa shape index (κ3) is 2.09. The van der Waals surface area contributed by atoms with Crippen LogP contribution in [0.5, 0.6) is 0 Å². The summed E-state index contributed by atoms with van der Waals surface area (Å²) in [6.45, 7) is 2.32. The third-order valence-corrected chi connectivity index (χ3v) is 3.60. The zero-order valence-electron chi connectivity index (χ0n) is 10.1. The fraction of sp³-hybridized carbons (Fsp3) is 0.429. The van der Waals surface area contributed by atoms with Crippen molar-refractivity contribution in [2.45, 2.75) is 32.2 Å². The van der Waals surface area contributed by atoms with Crippen molar-refractivity contribution in [2.24, 2.45) is 5.92 Å². The molecule has 0 saturated heterocycles. The van der Waals surface area contributed by atoms with Gasteiger partial charge in [0.25, 0.3) is 0 Å². The SMILES string of the molecule is CC1CCC(Nc2cnnc3ccccc23)C1. The van der Waals surface area contributed by atoms with Gasteiger partial charge in [-0.25, -0.2) is 0 Å². The molecule has 1 N–H and O–H groups in total. The van der Waals surface area contributed by atoms with Crippen LogP contribution in [0, 0.1) is 5.92 Å². The summed E-state index contributed by atoms with van der Waals surface area (Å²) in [5.41, 5.74) is 2.08. The molecule has 2 aromatic rings. The van der Waals surface area contributed by atoms with Crippen LogP contribution < -0.4 is 5.32 Å². The van der Waals surface area contributed by atoms with Crippen molar-refractivity contribution in [2.75, 3.05) is 5.32 Å². The molecule has 1 saturated carbocycles. The lowest BCUT2D eigenvalue weighted by Gasteiger charge is -2.14. The average molecular weight is 227 g/mol. The molecule has 0 amide bonds. The van der Waals surface area contributed by atoms with Crippen molar-refractivity contribution < 1.29 is 0 Å². The first-order valence-electron chi connectivity index (χ1n) is 6.30. The van der Waals surface area contributed by atoms with E-state index in [0.717, 1.165) is 17.1 Å². The van der Waals surface area contributed by atoms with Crippen LogP contribution in [0.2, 0.25) is 0 Å². The van der Waals surface area contributed by atoms with Crippen LogP contribution in [0.4, 0.5) is 5.69 Å². The fourth-order valence-corrected chi connectivity index (χ4v) is 2.68. The van der Waals surface area contributed by atoms with E-state index in [9.17, 15) is 0 Å². The highest BCUT2D eigenvalue weighted by molar-refractivity contribution is 5.90. The predicted octanol–water partition coefficient (Wildman–Crippen LogP) is 3.23. The van der Waals surface area contributed by atoms with Crippen LogP contribution in [0.15, 0.2) is 30.5 Å². The molecule has 1 aromatic heterocycles. The Labute approximate surface area is 101 Å². The standard InChI is InChI=1S/C14H17N3/c1-10-6-7-11(8-10)16-14-9-15-17-13-5-3-2-4-12(13)14/h2-5,9-11H,6-8H2,1H3,(H,16,17). The topological polar surface area (TPSA) is 37.8 Å². The number of nitrogens with zero attached hydrogens (tertiary/aromatic N) is 2. The number of hydrogen-bond acceptors (Lipinski definition) is 3. The van der Waals surface area contributed by atoms with E-state index in [0.29, 0.717) is 6.04 Å². The number of rotatable bonds is 2. The lowest BCUT2D eigenvalue weighted by atomic mass is 10.1. The van der Waals surface area contributed by atoms with Crippen LogP contribution >= 0.6 is 0 Å². The third-order valence-electron chi connectivity index (χ3n) is 3.60. The molecule has 2 atom stereocenters. The number of nitrogens with one attached hydrogen (secondary N) is 1. The number of hydrogen-bond donors (Lipinski definition) is 1. The Hall–Kier alpha value is -1.64. The summed E-state index contributed by atoms with van der Waals surface area (Å²) in [6, 6.07) is 8.75. The van der Waals surface area contributed by atoms with Crippen molar-refractivity contribution in [3.8, 4) is 0 Å². The van der Waals surface area contributed by atoms with Gasteiger partial charge in [-0.2, -0.15) is 10.2 Å². The van der Waals surface area contributed by atoms with Gasteiger partial charge in [-0.3, -0.25) is 0 Å². The van der Waals surface area contributed by atoms with Crippen LogP contribution in [0.3, 0.4) is 0 Å². The molecule has 2 unspecified atom stereocenters. The molecule has 0 spiro atoms. The van der Waals surface area contributed by atoms with Gasteiger partial charge in [0, 0.05) is 11.4 Å². The van der Waals surface area contributed by atoms with Gasteiger partial charge in [0.2, 0.25) is 0 Å². The highest BCUT2D eigenvalue weighted by Crippen LogP contribution is 2.29. The summed E-state index contributed by atoms with van der Waals surface area (Å²) < 4.78 is 0. The van der Waals surface area contributed by atoms with Gasteiger partial charge in [-0.1, -0.05) is 25.1 Å². The summed E-state index contributed by atoms with van der Waals surface area (Å²) >= 11 is 0. The van der Waals surface area contributed by atoms with Crippen molar-refractivity contribution in [1.29, 1.82) is 0 Å². The minimum Gasteiger partial charge on any atom is -0.380 e. The lowest BCUT2D eigenvalue weighted by Crippen LogP contribution is -2.15. The summed E-state index contributed by atoms with van der Waals surface area (Å²) in [5.74, 6) is 0.841. The van der Waals surface area contributed by atoms with E-state index < -0.39 is 0 Å². The van der Waals surface area contributed by atoms with E-state index >= 15 is 0 Å². The smallest absolute Gasteiger partial charge is 0.0950 e. The average Bonchev–Trinajstić information content (AvgIpc) is 2.75. The van der Waals surface area contributed by atoms with Gasteiger partial charge in [-0.15, -0.1) is 0 Å². The van der Waals surface area contributed by atoms with Crippen LogP contribution in [-0.4, -0.2) is 16.2 Å². The molecule has 1 aromatic carbocycles. The minimum atomic E-state index is 0.595. The molecule has 3 rings (SSSR count). The van der Waals surface area contributed by atoms with Crippen molar-refractivity contribution >= 4 is 16.6 Å². The van der Waals surface area contributed by atoms with Crippen LogP contribution in [0.25, 0.3) is 10.9 Å². The Bertz CT molecular complexity index is 518. The van der Waals surface area contributed by atoms with E-state index in [4.69, 9.17) is 0 Å². The first-order chi connectivity index (χ1) is 8.33. The lowest BCUT2D eigenvalue weighted by molar-refractivity contribution is 0.602. The van der Waals surface area contributed by atoms with Gasteiger partial charge >= 0.3 is 0 Å². The number of benzene rings is 1. The first-order valence-corrected chi connectivity index (χ1v) is 6.30. The largest absolute Gasteiger partial charge is 0.380 e. The number of aromatic nitrogens is 2. The Morgan fingerprint density at radius 2 is 2.12 bits per heavy atom. The fourth-order valence-electron chi connectivity index (χ4n) is 2.68. The van der Waals surface area contributed by atoms with E-state index in [2.05, 4.69) is 28.5 Å². The van der Waals surface area contributed by atoms with Crippen LogP contribution in [-0.2, 0) is 0 Å². The maximum absolute atomic E-state index is 4.14. The zero-order valence-corrected chi connectivity index (χ0v) is 10.1. The molecule has 3 nitrogen and oxygen atoms in total. The summed E-state index contributed by atoms with van der Waals surface area (Å²) in [4.78, 5) is 0. The Morgan fingerprint density at radius 3 is 2.94 bits per heavy atom. The molecule has 1 aliphatic rings. The second kappa shape index (κ2) is 4.32. The summed E-state index contributed by atoms with van der Waals surface area (Å²) in [5, 5.41) is 13.0. The number of anilines is 1. The molecule has 1 fully saturated rings. The molecule has 1 heterocycles. The molecule has 0 aliphatic heterocycles. The van der Waals surface area contributed by atoms with Gasteiger partial charge in [0.15, 0.2) is 0 Å². The van der Waals surface area contributed by atoms with Crippen molar-refractivity contribution in [3.05, 3.63) is 30.5 Å². The molecular weight excluding hydrogens is 210 g/mol. The second-order valence-electron chi connectivity index (χ2n) is 5.03. The molecule has 0 radical (unpaired) electrons. The van der Waals surface area contributed by atoms with Gasteiger partial charge in [0.05, 0.1) is 17.4 Å². The van der Waals surface area contributed by atoms with Crippen molar-refractivity contribution in [1.82, 2.24) is 10.2 Å². The molecule has 17 heavy (non-hydrogen) atoms. The Kier molecular flexibility index (Phi) is 2.67. The zero-order chi connectivity index (χ0) is 11.7. The minimum absolute atomic E-state index is 0.595. The first kappa shape index (κ1) is 10.5. The Balaban J connectivity index is 1.90. The Morgan fingerprint density at radius 1 is 1.24 bits per heavy atom. The highest BCUT2D eigenvalue weighted by Gasteiger charge is 2.21. The maximum Gasteiger partial charge on any atom is 0.0950 e. The molecule has 1 aliphatic carbocycles. The summed E-state index contributed by atoms with van der Waals surface area (Å²) in [7, 11) is 0. The maximum atomic E-state index is 4.14. The van der Waals surface area contributed by atoms with Gasteiger partial charge in [0.1, 0.15) is 0 Å². The van der Waals surface area contributed by atoms with E-state index in [1.165, 1.54) is 24.6 Å². The summed E-state index contributed by atoms with van der Waals surface area (Å²) in [6.07, 6.45) is 5.69. The molecular formula is C14H17N3. The predicted molar refractivity (Wildman–Crippen MR) is 70.0 cm³/mol. The van der Waals surface area contributed by atoms with E-state index in [-0.39, 0.29) is 0 Å².